The summed E-state index contributed by atoms with van der Waals surface area (Å²) >= 11 is 0. The summed E-state index contributed by atoms with van der Waals surface area (Å²) in [7, 11) is 0. The lowest BCUT2D eigenvalue weighted by Crippen LogP contribution is -2.43. The molecule has 0 spiro atoms. The molecule has 0 bridgehead atoms. The third kappa shape index (κ3) is 1.76. The fraction of sp³-hybridized carbons (Fsp3) is 0.364. The minimum atomic E-state index is -0.619. The Labute approximate surface area is 99.0 Å². The number of anilines is 1. The average molecular weight is 233 g/mol. The Morgan fingerprint density at radius 2 is 2.12 bits per heavy atom. The predicted octanol–water partition coefficient (Wildman–Crippen LogP) is 1.90. The van der Waals surface area contributed by atoms with Crippen LogP contribution in [0.4, 0.5) is 5.82 Å². The van der Waals surface area contributed by atoms with E-state index in [0.29, 0.717) is 17.0 Å². The molecule has 0 aliphatic rings. The molecule has 0 fully saturated rings. The maximum Gasteiger partial charge on any atom is 0.182 e. The number of hydrogen-bond donors (Lipinski definition) is 2. The summed E-state index contributed by atoms with van der Waals surface area (Å²) in [4.78, 5) is 15.0. The van der Waals surface area contributed by atoms with Gasteiger partial charge < -0.3 is 4.98 Å². The predicted molar refractivity (Wildman–Crippen MR) is 64.8 cm³/mol. The van der Waals surface area contributed by atoms with Crippen LogP contribution < -0.4 is 5.06 Å². The fourth-order valence-corrected chi connectivity index (χ4v) is 1.36. The molecule has 6 heteroatoms. The Hall–Kier alpha value is -1.95. The molecular weight excluding hydrogens is 218 g/mol. The van der Waals surface area contributed by atoms with Crippen LogP contribution in [0.2, 0.25) is 0 Å². The lowest BCUT2D eigenvalue weighted by Gasteiger charge is -2.34. The summed E-state index contributed by atoms with van der Waals surface area (Å²) in [6, 6.07) is 0. The third-order valence-corrected chi connectivity index (χ3v) is 2.98. The van der Waals surface area contributed by atoms with E-state index in [1.807, 2.05) is 20.8 Å². The minimum absolute atomic E-state index is 0.389. The summed E-state index contributed by atoms with van der Waals surface area (Å²) in [6.45, 7) is 9.45. The van der Waals surface area contributed by atoms with Crippen molar-refractivity contribution in [1.29, 1.82) is 0 Å². The van der Waals surface area contributed by atoms with Gasteiger partial charge in [-0.05, 0) is 20.8 Å². The number of rotatable bonds is 3. The molecule has 0 aliphatic heterocycles. The summed E-state index contributed by atoms with van der Waals surface area (Å²) in [6.07, 6.45) is 2.89. The number of H-pyrrole nitrogens is 1. The molecule has 17 heavy (non-hydrogen) atoms. The topological polar surface area (TPSA) is 77.9 Å². The molecule has 6 nitrogen and oxygen atoms in total. The SMILES string of the molecule is C=C(C)C(C)(C)N(O)c1ncnc2nc[nH]c12. The van der Waals surface area contributed by atoms with Crippen LogP contribution in [0.15, 0.2) is 24.8 Å². The van der Waals surface area contributed by atoms with E-state index in [-0.39, 0.29) is 0 Å². The van der Waals surface area contributed by atoms with Crippen molar-refractivity contribution in [1.82, 2.24) is 19.9 Å². The second kappa shape index (κ2) is 3.81. The third-order valence-electron chi connectivity index (χ3n) is 2.98. The Morgan fingerprint density at radius 1 is 1.41 bits per heavy atom. The minimum Gasteiger partial charge on any atom is -0.340 e. The standard InChI is InChI=1S/C11H15N5O/c1-7(2)11(3,4)16(17)10-8-9(13-5-12-8)14-6-15-10/h5-6,17H,1H2,2-4H3,(H,12,13,14,15). The second-order valence-corrected chi connectivity index (χ2v) is 4.45. The molecule has 0 aliphatic carbocycles. The van der Waals surface area contributed by atoms with Gasteiger partial charge in [0.25, 0.3) is 0 Å². The highest BCUT2D eigenvalue weighted by Gasteiger charge is 2.29. The number of aromatic amines is 1. The van der Waals surface area contributed by atoms with Crippen molar-refractivity contribution in [2.45, 2.75) is 26.3 Å². The molecule has 0 unspecified atom stereocenters. The molecule has 2 rings (SSSR count). The Balaban J connectivity index is 2.53. The van der Waals surface area contributed by atoms with E-state index >= 15 is 0 Å². The van der Waals surface area contributed by atoms with Gasteiger partial charge >= 0.3 is 0 Å². The van der Waals surface area contributed by atoms with Gasteiger partial charge in [0.05, 0.1) is 11.9 Å². The van der Waals surface area contributed by atoms with Crippen LogP contribution in [0.3, 0.4) is 0 Å². The van der Waals surface area contributed by atoms with Gasteiger partial charge in [-0.1, -0.05) is 12.2 Å². The van der Waals surface area contributed by atoms with E-state index in [2.05, 4.69) is 26.5 Å². The van der Waals surface area contributed by atoms with Gasteiger partial charge in [0.2, 0.25) is 0 Å². The molecular formula is C11H15N5O. The molecule has 0 radical (unpaired) electrons. The first-order valence-electron chi connectivity index (χ1n) is 5.23. The largest absolute Gasteiger partial charge is 0.340 e. The molecule has 2 N–H and O–H groups in total. The Bertz CT molecular complexity index is 560. The molecule has 0 saturated carbocycles. The van der Waals surface area contributed by atoms with Gasteiger partial charge in [-0.3, -0.25) is 5.21 Å². The van der Waals surface area contributed by atoms with Gasteiger partial charge in [-0.25, -0.2) is 20.0 Å². The van der Waals surface area contributed by atoms with Crippen LogP contribution in [0.25, 0.3) is 11.2 Å². The van der Waals surface area contributed by atoms with Gasteiger partial charge in [0.1, 0.15) is 11.8 Å². The first kappa shape index (κ1) is 11.5. The average Bonchev–Trinajstić information content (AvgIpc) is 2.75. The summed E-state index contributed by atoms with van der Waals surface area (Å²) in [5, 5.41) is 11.4. The lowest BCUT2D eigenvalue weighted by molar-refractivity contribution is 0.188. The highest BCUT2D eigenvalue weighted by atomic mass is 16.5. The number of hydrogen-bond acceptors (Lipinski definition) is 5. The van der Waals surface area contributed by atoms with Gasteiger partial charge in [-0.15, -0.1) is 0 Å². The molecule has 90 valence electrons. The molecule has 2 aromatic rings. The maximum absolute atomic E-state index is 10.3. The Morgan fingerprint density at radius 3 is 2.76 bits per heavy atom. The van der Waals surface area contributed by atoms with Crippen molar-refractivity contribution in [2.24, 2.45) is 0 Å². The number of nitrogens with one attached hydrogen (secondary N) is 1. The first-order valence-corrected chi connectivity index (χ1v) is 5.23. The van der Waals surface area contributed by atoms with Crippen LogP contribution in [-0.4, -0.2) is 30.7 Å². The highest BCUT2D eigenvalue weighted by molar-refractivity contribution is 5.82. The normalized spacial score (nSPS) is 11.8. The number of aromatic nitrogens is 4. The smallest absolute Gasteiger partial charge is 0.182 e. The number of nitrogens with zero attached hydrogens (tertiary/aromatic N) is 4. The Kier molecular flexibility index (Phi) is 2.59. The summed E-state index contributed by atoms with van der Waals surface area (Å²) in [5.74, 6) is 0.389. The van der Waals surface area contributed by atoms with Crippen molar-refractivity contribution in [3.05, 3.63) is 24.8 Å². The lowest BCUT2D eigenvalue weighted by atomic mass is 9.96. The second-order valence-electron chi connectivity index (χ2n) is 4.45. The van der Waals surface area contributed by atoms with E-state index in [4.69, 9.17) is 0 Å². The van der Waals surface area contributed by atoms with E-state index in [0.717, 1.165) is 10.6 Å². The zero-order valence-corrected chi connectivity index (χ0v) is 10.1. The van der Waals surface area contributed by atoms with Crippen LogP contribution in [-0.2, 0) is 0 Å². The van der Waals surface area contributed by atoms with Crippen molar-refractivity contribution < 1.29 is 5.21 Å². The van der Waals surface area contributed by atoms with Crippen molar-refractivity contribution in [3.63, 3.8) is 0 Å². The van der Waals surface area contributed by atoms with Crippen molar-refractivity contribution in [3.8, 4) is 0 Å². The number of hydroxylamine groups is 1. The molecule has 0 saturated heterocycles. The van der Waals surface area contributed by atoms with E-state index in [1.165, 1.54) is 12.7 Å². The van der Waals surface area contributed by atoms with Gasteiger partial charge in [0.15, 0.2) is 11.5 Å². The van der Waals surface area contributed by atoms with Crippen molar-refractivity contribution >= 4 is 17.0 Å². The first-order chi connectivity index (χ1) is 7.94. The van der Waals surface area contributed by atoms with Crippen molar-refractivity contribution in [2.75, 3.05) is 5.06 Å². The zero-order valence-electron chi connectivity index (χ0n) is 10.1. The zero-order chi connectivity index (χ0) is 12.6. The van der Waals surface area contributed by atoms with Gasteiger partial charge in [0, 0.05) is 0 Å². The number of imidazole rings is 1. The molecule has 0 aromatic carbocycles. The highest BCUT2D eigenvalue weighted by Crippen LogP contribution is 2.28. The quantitative estimate of drug-likeness (QED) is 0.625. The summed E-state index contributed by atoms with van der Waals surface area (Å²) in [5.41, 5.74) is 1.33. The molecule has 2 aromatic heterocycles. The molecule has 2 heterocycles. The fourth-order valence-electron chi connectivity index (χ4n) is 1.36. The van der Waals surface area contributed by atoms with Crippen LogP contribution >= 0.6 is 0 Å². The summed E-state index contributed by atoms with van der Waals surface area (Å²) < 4.78 is 0. The van der Waals surface area contributed by atoms with E-state index in [1.54, 1.807) is 0 Å². The van der Waals surface area contributed by atoms with E-state index < -0.39 is 5.54 Å². The molecule has 0 amide bonds. The maximum atomic E-state index is 10.3. The van der Waals surface area contributed by atoms with Crippen LogP contribution in [0, 0.1) is 0 Å². The monoisotopic (exact) mass is 233 g/mol. The van der Waals surface area contributed by atoms with Crippen LogP contribution in [0.5, 0.6) is 0 Å². The molecule has 0 atom stereocenters. The van der Waals surface area contributed by atoms with E-state index in [9.17, 15) is 5.21 Å². The van der Waals surface area contributed by atoms with Crippen LogP contribution in [0.1, 0.15) is 20.8 Å². The number of fused-ring (bicyclic) bond motifs is 1. The van der Waals surface area contributed by atoms with Gasteiger partial charge in [-0.2, -0.15) is 0 Å².